The molecule has 0 spiro atoms. The van der Waals surface area contributed by atoms with Gasteiger partial charge in [0.2, 0.25) is 5.91 Å². The van der Waals surface area contributed by atoms with Gasteiger partial charge in [0.05, 0.1) is 12.8 Å². The largest absolute Gasteiger partial charge is 0.481 e. The summed E-state index contributed by atoms with van der Waals surface area (Å²) in [5.41, 5.74) is 1.79. The minimum atomic E-state index is -0.850. The normalized spacial score (nSPS) is 15.8. The molecule has 0 saturated heterocycles. The predicted molar refractivity (Wildman–Crippen MR) is 211 cm³/mol. The second-order valence-electron chi connectivity index (χ2n) is 18.2. The second kappa shape index (κ2) is 22.5. The van der Waals surface area contributed by atoms with Crippen molar-refractivity contribution >= 4 is 36.0 Å². The van der Waals surface area contributed by atoms with Crippen LogP contribution in [0.4, 0.5) is 9.59 Å². The zero-order valence-corrected chi connectivity index (χ0v) is 36.6. The van der Waals surface area contributed by atoms with Crippen molar-refractivity contribution in [3.63, 3.8) is 0 Å². The third-order valence-corrected chi connectivity index (χ3v) is 6.82. The number of nitrogens with two attached hydrogens (primary N) is 1. The number of unbranched alkanes of at least 4 members (excludes halogenated alkanes) is 2. The van der Waals surface area contributed by atoms with Crippen LogP contribution in [0.5, 0.6) is 0 Å². The lowest BCUT2D eigenvalue weighted by Crippen LogP contribution is -2.46. The second-order valence-corrected chi connectivity index (χ2v) is 18.2. The molecule has 2 aliphatic heterocycles. The Hall–Kier alpha value is -4.42. The van der Waals surface area contributed by atoms with Gasteiger partial charge < -0.3 is 45.7 Å². The topological polar surface area (TPSA) is 271 Å². The molecule has 2 rings (SSSR count). The van der Waals surface area contributed by atoms with Crippen molar-refractivity contribution in [3.8, 4) is 0 Å². The summed E-state index contributed by atoms with van der Waals surface area (Å²) in [6.45, 7) is 25.7. The Morgan fingerprint density at radius 1 is 0.579 bits per heavy atom. The third-order valence-electron chi connectivity index (χ3n) is 6.82. The summed E-state index contributed by atoms with van der Waals surface area (Å²) in [6, 6.07) is -1.53. The van der Waals surface area contributed by atoms with Gasteiger partial charge in [-0.3, -0.25) is 9.59 Å². The lowest BCUT2D eigenvalue weighted by atomic mass is 10.1. The van der Waals surface area contributed by atoms with Crippen molar-refractivity contribution in [2.24, 2.45) is 26.2 Å². The highest BCUT2D eigenvalue weighted by molar-refractivity contribution is 5.82. The summed E-state index contributed by atoms with van der Waals surface area (Å²) < 4.78 is 21.1. The molecule has 0 aromatic carbocycles. The average molecular weight is 815 g/mol. The van der Waals surface area contributed by atoms with Crippen LogP contribution in [0.25, 0.3) is 0 Å². The average Bonchev–Trinajstić information content (AvgIpc) is 3.90. The Labute approximate surface area is 337 Å². The molecule has 0 radical (unpaired) electrons. The van der Waals surface area contributed by atoms with E-state index in [0.717, 1.165) is 12.8 Å². The Balaban J connectivity index is 0.000000943. The highest BCUT2D eigenvalue weighted by Crippen LogP contribution is 2.31. The quantitative estimate of drug-likeness (QED) is 0.0636. The summed E-state index contributed by atoms with van der Waals surface area (Å²) in [4.78, 5) is 70.1. The van der Waals surface area contributed by atoms with Crippen molar-refractivity contribution in [1.82, 2.24) is 16.0 Å². The van der Waals surface area contributed by atoms with Crippen LogP contribution in [-0.4, -0.2) is 100 Å². The first-order chi connectivity index (χ1) is 25.8. The van der Waals surface area contributed by atoms with E-state index in [1.807, 2.05) is 0 Å². The predicted octanol–water partition coefficient (Wildman–Crippen LogP) is 6.07. The number of carbonyl (C=O) groups is 6. The fourth-order valence-electron chi connectivity index (χ4n) is 4.30. The number of nitrogens with zero attached hydrogens (tertiary/aromatic N) is 4. The third kappa shape index (κ3) is 30.4. The fraction of sp³-hybridized carbons (Fsp3) is 0.842. The number of nitrogens with one attached hydrogen (secondary N) is 3. The van der Waals surface area contributed by atoms with Gasteiger partial charge in [0.1, 0.15) is 34.5 Å². The van der Waals surface area contributed by atoms with Crippen molar-refractivity contribution in [2.45, 2.75) is 194 Å². The number of ether oxygens (including phenoxy) is 4. The molecule has 0 aliphatic carbocycles. The van der Waals surface area contributed by atoms with Crippen molar-refractivity contribution in [3.05, 3.63) is 0 Å². The summed E-state index contributed by atoms with van der Waals surface area (Å²) in [7, 11) is 0. The lowest BCUT2D eigenvalue weighted by Gasteiger charge is -2.26. The first-order valence-corrected chi connectivity index (χ1v) is 19.3. The first kappa shape index (κ1) is 52.6. The maximum absolute atomic E-state index is 12.4. The van der Waals surface area contributed by atoms with Gasteiger partial charge in [-0.05, 0) is 142 Å². The van der Waals surface area contributed by atoms with Gasteiger partial charge in [-0.1, -0.05) is 0 Å². The minimum Gasteiger partial charge on any atom is -0.481 e. The number of carboxylic acid groups (broad SMARTS) is 1. The molecular formula is C38H70N8O11. The molecule has 0 aromatic heterocycles. The van der Waals surface area contributed by atoms with Crippen molar-refractivity contribution in [2.75, 3.05) is 13.1 Å². The number of carboxylic acids is 1. The van der Waals surface area contributed by atoms with Crippen molar-refractivity contribution in [1.29, 1.82) is 0 Å². The highest BCUT2D eigenvalue weighted by atomic mass is 16.6. The molecule has 0 aromatic rings. The Morgan fingerprint density at radius 2 is 0.930 bits per heavy atom. The molecule has 0 unspecified atom stereocenters. The molecule has 6 N–H and O–H groups in total. The number of hydrogen-bond donors (Lipinski definition) is 5. The monoisotopic (exact) mass is 815 g/mol. The van der Waals surface area contributed by atoms with E-state index in [1.165, 1.54) is 0 Å². The first-order valence-electron chi connectivity index (χ1n) is 19.3. The standard InChI is InChI=1S/C19H34N4O5.C15H30N2O4.C4H6N2O2/c1-17(2,3)27-15(25)13(21-16(26)28-18(4,5)6)10-8-9-11-20-14(24)12-19(7)22-23-19;1-14(2,3)20-12(18)11(9-7-8-10-16)17-13(19)21-15(4,5)6;1-4(5-6-4)2-3(7)8/h13H,8-12H2,1-7H3,(H,20,24)(H,21,26);11H,7-10,16H2,1-6H3,(H,17,19);2H2,1H3,(H,7,8)/t13-;11-;/m00./s1. The summed E-state index contributed by atoms with van der Waals surface area (Å²) in [5, 5.41) is 30.8. The summed E-state index contributed by atoms with van der Waals surface area (Å²) in [5.74, 6) is -1.92. The molecule has 2 aliphatic rings. The van der Waals surface area contributed by atoms with E-state index < -0.39 is 75.9 Å². The molecule has 328 valence electrons. The van der Waals surface area contributed by atoms with E-state index in [9.17, 15) is 28.8 Å². The van der Waals surface area contributed by atoms with Gasteiger partial charge in [-0.25, -0.2) is 19.2 Å². The lowest BCUT2D eigenvalue weighted by molar-refractivity contribution is -0.158. The maximum atomic E-state index is 12.4. The summed E-state index contributed by atoms with van der Waals surface area (Å²) in [6.07, 6.45) is 2.63. The molecule has 57 heavy (non-hydrogen) atoms. The minimum absolute atomic E-state index is 0.0208. The molecule has 0 bridgehead atoms. The van der Waals surface area contributed by atoms with Gasteiger partial charge in [-0.2, -0.15) is 20.5 Å². The van der Waals surface area contributed by atoms with Gasteiger partial charge in [0, 0.05) is 6.54 Å². The van der Waals surface area contributed by atoms with Gasteiger partial charge in [0.25, 0.3) is 0 Å². The van der Waals surface area contributed by atoms with E-state index >= 15 is 0 Å². The van der Waals surface area contributed by atoms with Crippen LogP contribution in [0.2, 0.25) is 0 Å². The zero-order chi connectivity index (χ0) is 44.5. The Kier molecular flexibility index (Phi) is 20.8. The molecule has 19 nitrogen and oxygen atoms in total. The van der Waals surface area contributed by atoms with Gasteiger partial charge in [0.15, 0.2) is 11.3 Å². The number of carbonyl (C=O) groups excluding carboxylic acids is 5. The van der Waals surface area contributed by atoms with Crippen LogP contribution >= 0.6 is 0 Å². The van der Waals surface area contributed by atoms with Crippen molar-refractivity contribution < 1.29 is 52.8 Å². The summed E-state index contributed by atoms with van der Waals surface area (Å²) >= 11 is 0. The number of aliphatic carboxylic acids is 1. The van der Waals surface area contributed by atoms with Gasteiger partial charge >= 0.3 is 30.1 Å². The van der Waals surface area contributed by atoms with Crippen LogP contribution < -0.4 is 21.7 Å². The van der Waals surface area contributed by atoms with E-state index in [4.69, 9.17) is 29.8 Å². The van der Waals surface area contributed by atoms with E-state index in [0.29, 0.717) is 38.8 Å². The number of rotatable bonds is 17. The van der Waals surface area contributed by atoms with Gasteiger partial charge in [-0.15, -0.1) is 0 Å². The molecule has 19 heteroatoms. The molecule has 0 fully saturated rings. The number of amides is 3. The fourth-order valence-corrected chi connectivity index (χ4v) is 4.30. The van der Waals surface area contributed by atoms with Crippen LogP contribution in [0.3, 0.4) is 0 Å². The Bertz CT molecular complexity index is 1390. The van der Waals surface area contributed by atoms with E-state index in [2.05, 4.69) is 36.4 Å². The van der Waals surface area contributed by atoms with Crippen LogP contribution in [0, 0.1) is 0 Å². The molecule has 2 atom stereocenters. The zero-order valence-electron chi connectivity index (χ0n) is 36.6. The molecule has 2 heterocycles. The maximum Gasteiger partial charge on any atom is 0.408 e. The van der Waals surface area contributed by atoms with Crippen LogP contribution in [0.15, 0.2) is 20.5 Å². The molecule has 3 amide bonds. The smallest absolute Gasteiger partial charge is 0.408 e. The number of alkyl carbamates (subject to hydrolysis) is 2. The van der Waals surface area contributed by atoms with Crippen LogP contribution in [0.1, 0.15) is 148 Å². The molecule has 0 saturated carbocycles. The molecular weight excluding hydrogens is 744 g/mol. The number of hydrogen-bond acceptors (Lipinski definition) is 15. The SMILES string of the molecule is CC(C)(C)OC(=O)N[C@@H](CCCCN)C(=O)OC(C)(C)C.CC1(CC(=O)NCCCC[C@H](NC(=O)OC(C)(C)C)C(=O)OC(C)(C)C)N=N1.CC1(CC(=O)O)N=N1. The highest BCUT2D eigenvalue weighted by Gasteiger charge is 2.37. The van der Waals surface area contributed by atoms with Crippen LogP contribution in [-0.2, 0) is 38.1 Å². The number of esters is 2. The Morgan fingerprint density at radius 3 is 1.23 bits per heavy atom. The van der Waals surface area contributed by atoms with E-state index in [1.54, 1.807) is 96.9 Å². The van der Waals surface area contributed by atoms with E-state index in [-0.39, 0.29) is 18.7 Å².